The van der Waals surface area contributed by atoms with Gasteiger partial charge in [-0.3, -0.25) is 14.1 Å². The van der Waals surface area contributed by atoms with Crippen LogP contribution in [0, 0.1) is 0 Å². The SMILES string of the molecule is C=CCCCCCCCCCCCCCCCC(=O)O[C@H](COC(=O)CCCCCCCCCCCCCCCCCCCCCCC)COP(=O)(O)O. The van der Waals surface area contributed by atoms with Gasteiger partial charge in [0.05, 0.1) is 6.61 Å². The van der Waals surface area contributed by atoms with E-state index < -0.39 is 32.5 Å². The second kappa shape index (κ2) is 41.4. The molecule has 0 fully saturated rings. The summed E-state index contributed by atoms with van der Waals surface area (Å²) in [5.74, 6) is -0.872. The maximum absolute atomic E-state index is 12.4. The van der Waals surface area contributed by atoms with Crippen molar-refractivity contribution in [2.45, 2.75) is 251 Å². The molecule has 9 heteroatoms. The highest BCUT2D eigenvalue weighted by atomic mass is 31.2. The fraction of sp³-hybridized carbons (Fsp3) is 0.911. The predicted molar refractivity (Wildman–Crippen MR) is 226 cm³/mol. The highest BCUT2D eigenvalue weighted by Crippen LogP contribution is 2.36. The molecule has 0 saturated carbocycles. The second-order valence-electron chi connectivity index (χ2n) is 15.8. The van der Waals surface area contributed by atoms with E-state index in [1.54, 1.807) is 0 Å². The molecule has 0 unspecified atom stereocenters. The molecule has 0 radical (unpaired) electrons. The van der Waals surface area contributed by atoms with E-state index in [-0.39, 0.29) is 19.4 Å². The second-order valence-corrected chi connectivity index (χ2v) is 17.1. The fourth-order valence-corrected chi connectivity index (χ4v) is 7.36. The first kappa shape index (κ1) is 52.8. The normalized spacial score (nSPS) is 12.2. The Balaban J connectivity index is 3.78. The van der Waals surface area contributed by atoms with Gasteiger partial charge < -0.3 is 19.3 Å². The Morgan fingerprint density at radius 3 is 1.15 bits per heavy atom. The van der Waals surface area contributed by atoms with Crippen molar-refractivity contribution >= 4 is 19.8 Å². The molecule has 0 amide bonds. The molecule has 0 bridgehead atoms. The molecular weight excluding hydrogens is 699 g/mol. The average molecular weight is 787 g/mol. The molecule has 1 atom stereocenters. The zero-order valence-electron chi connectivity index (χ0n) is 35.2. The molecule has 0 aliphatic carbocycles. The number of unbranched alkanes of at least 4 members (excludes halogenated alkanes) is 33. The first-order valence-electron chi connectivity index (χ1n) is 22.9. The van der Waals surface area contributed by atoms with Crippen LogP contribution < -0.4 is 0 Å². The first-order valence-corrected chi connectivity index (χ1v) is 24.5. The molecule has 54 heavy (non-hydrogen) atoms. The van der Waals surface area contributed by atoms with Crippen LogP contribution in [0.1, 0.15) is 244 Å². The third-order valence-corrected chi connectivity index (χ3v) is 10.9. The van der Waals surface area contributed by atoms with Crippen molar-refractivity contribution in [2.24, 2.45) is 0 Å². The standard InChI is InChI=1S/C45H87O8P/c1-3-5-7-9-11-13-15-17-19-20-21-22-23-24-26-27-29-31-33-35-37-39-44(46)51-41-43(42-52-54(48,49)50)53-45(47)40-38-36-34-32-30-28-25-18-16-14-12-10-8-6-4-2/h4,43H,2-3,5-42H2,1H3,(H2,48,49,50)/t43-/m1/s1. The van der Waals surface area contributed by atoms with Crippen LogP contribution >= 0.6 is 7.82 Å². The summed E-state index contributed by atoms with van der Waals surface area (Å²) in [6, 6.07) is 0. The van der Waals surface area contributed by atoms with Crippen LogP contribution in [0.3, 0.4) is 0 Å². The van der Waals surface area contributed by atoms with Gasteiger partial charge in [-0.2, -0.15) is 0 Å². The number of hydrogen-bond acceptors (Lipinski definition) is 6. The van der Waals surface area contributed by atoms with E-state index in [1.165, 1.54) is 173 Å². The largest absolute Gasteiger partial charge is 0.469 e. The van der Waals surface area contributed by atoms with E-state index >= 15 is 0 Å². The van der Waals surface area contributed by atoms with Gasteiger partial charge in [-0.15, -0.1) is 6.58 Å². The minimum absolute atomic E-state index is 0.215. The average Bonchev–Trinajstić information content (AvgIpc) is 3.14. The topological polar surface area (TPSA) is 119 Å². The van der Waals surface area contributed by atoms with Gasteiger partial charge >= 0.3 is 19.8 Å². The number of carbonyl (C=O) groups is 2. The van der Waals surface area contributed by atoms with E-state index in [9.17, 15) is 14.2 Å². The Morgan fingerprint density at radius 1 is 0.500 bits per heavy atom. The van der Waals surface area contributed by atoms with Gasteiger partial charge in [0.25, 0.3) is 0 Å². The molecule has 0 rings (SSSR count). The molecule has 8 nitrogen and oxygen atoms in total. The summed E-state index contributed by atoms with van der Waals surface area (Å²) >= 11 is 0. The monoisotopic (exact) mass is 787 g/mol. The van der Waals surface area contributed by atoms with E-state index in [0.29, 0.717) is 6.42 Å². The Morgan fingerprint density at radius 2 is 0.815 bits per heavy atom. The maximum Gasteiger partial charge on any atom is 0.469 e. The zero-order chi connectivity index (χ0) is 39.6. The number of allylic oxidation sites excluding steroid dienone is 1. The molecule has 320 valence electrons. The van der Waals surface area contributed by atoms with Crippen LogP contribution in [0.2, 0.25) is 0 Å². The molecule has 0 saturated heterocycles. The fourth-order valence-electron chi connectivity index (χ4n) is 7.00. The third-order valence-electron chi connectivity index (χ3n) is 10.4. The van der Waals surface area contributed by atoms with Crippen molar-refractivity contribution in [3.05, 3.63) is 12.7 Å². The van der Waals surface area contributed by atoms with E-state index in [0.717, 1.165) is 44.9 Å². The number of rotatable bonds is 44. The molecule has 0 aromatic carbocycles. The number of hydrogen-bond donors (Lipinski definition) is 2. The lowest BCUT2D eigenvalue weighted by molar-refractivity contribution is -0.161. The van der Waals surface area contributed by atoms with Crippen molar-refractivity contribution in [1.82, 2.24) is 0 Å². The lowest BCUT2D eigenvalue weighted by atomic mass is 10.0. The Labute approximate surface area is 333 Å². The van der Waals surface area contributed by atoms with Crippen molar-refractivity contribution < 1.29 is 37.9 Å². The van der Waals surface area contributed by atoms with Gasteiger partial charge in [0.1, 0.15) is 6.61 Å². The molecule has 0 aromatic rings. The van der Waals surface area contributed by atoms with Crippen molar-refractivity contribution in [3.63, 3.8) is 0 Å². The molecule has 0 heterocycles. The summed E-state index contributed by atoms with van der Waals surface area (Å²) in [6.45, 7) is 5.24. The highest BCUT2D eigenvalue weighted by Gasteiger charge is 2.23. The minimum atomic E-state index is -4.75. The summed E-state index contributed by atoms with van der Waals surface area (Å²) < 4.78 is 26.4. The van der Waals surface area contributed by atoms with Crippen molar-refractivity contribution in [3.8, 4) is 0 Å². The van der Waals surface area contributed by atoms with E-state index in [4.69, 9.17) is 19.3 Å². The third kappa shape index (κ3) is 43.5. The number of esters is 2. The van der Waals surface area contributed by atoms with Gasteiger partial charge in [-0.25, -0.2) is 4.57 Å². The van der Waals surface area contributed by atoms with Crippen LogP contribution in [0.4, 0.5) is 0 Å². The summed E-state index contributed by atoms with van der Waals surface area (Å²) in [5.41, 5.74) is 0. The molecule has 0 aliphatic heterocycles. The first-order chi connectivity index (χ1) is 26.3. The summed E-state index contributed by atoms with van der Waals surface area (Å²) in [5, 5.41) is 0. The van der Waals surface area contributed by atoms with Gasteiger partial charge in [0.2, 0.25) is 0 Å². The Kier molecular flexibility index (Phi) is 40.5. The Hall–Kier alpha value is -1.21. The van der Waals surface area contributed by atoms with Crippen molar-refractivity contribution in [2.75, 3.05) is 13.2 Å². The van der Waals surface area contributed by atoms with E-state index in [2.05, 4.69) is 18.0 Å². The molecule has 0 aromatic heterocycles. The van der Waals surface area contributed by atoms with E-state index in [1.807, 2.05) is 6.08 Å². The molecule has 0 spiro atoms. The minimum Gasteiger partial charge on any atom is -0.462 e. The number of phosphoric ester groups is 1. The van der Waals surface area contributed by atoms with Gasteiger partial charge in [0, 0.05) is 12.8 Å². The van der Waals surface area contributed by atoms with Gasteiger partial charge in [0.15, 0.2) is 6.10 Å². The van der Waals surface area contributed by atoms with Crippen LogP contribution in [0.15, 0.2) is 12.7 Å². The summed E-state index contributed by atoms with van der Waals surface area (Å²) in [6.07, 6.45) is 45.5. The summed E-state index contributed by atoms with van der Waals surface area (Å²) in [4.78, 5) is 42.9. The van der Waals surface area contributed by atoms with Crippen LogP contribution in [0.5, 0.6) is 0 Å². The molecule has 2 N–H and O–H groups in total. The zero-order valence-corrected chi connectivity index (χ0v) is 36.1. The smallest absolute Gasteiger partial charge is 0.462 e. The lowest BCUT2D eigenvalue weighted by Gasteiger charge is -2.18. The Bertz CT molecular complexity index is 876. The van der Waals surface area contributed by atoms with Crippen LogP contribution in [-0.2, 0) is 28.2 Å². The van der Waals surface area contributed by atoms with Crippen molar-refractivity contribution in [1.29, 1.82) is 0 Å². The highest BCUT2D eigenvalue weighted by molar-refractivity contribution is 7.46. The van der Waals surface area contributed by atoms with Crippen LogP contribution in [0.25, 0.3) is 0 Å². The predicted octanol–water partition coefficient (Wildman–Crippen LogP) is 14.2. The maximum atomic E-state index is 12.4. The quantitative estimate of drug-likeness (QED) is 0.0271. The lowest BCUT2D eigenvalue weighted by Crippen LogP contribution is -2.29. The van der Waals surface area contributed by atoms with Crippen LogP contribution in [-0.4, -0.2) is 41.0 Å². The number of phosphoric acid groups is 1. The van der Waals surface area contributed by atoms with Gasteiger partial charge in [-0.05, 0) is 25.7 Å². The number of ether oxygens (including phenoxy) is 2. The molecular formula is C45H87O8P. The summed E-state index contributed by atoms with van der Waals surface area (Å²) in [7, 11) is -4.75. The molecule has 0 aliphatic rings. The van der Waals surface area contributed by atoms with Gasteiger partial charge in [-0.1, -0.05) is 212 Å². The number of carbonyl (C=O) groups excluding carboxylic acids is 2.